The van der Waals surface area contributed by atoms with Crippen molar-refractivity contribution in [1.29, 1.82) is 0 Å². The molecular weight excluding hydrogens is 296 g/mol. The number of hydrogen-bond acceptors (Lipinski definition) is 2. The van der Waals surface area contributed by atoms with Crippen LogP contribution in [-0.2, 0) is 10.1 Å². The number of hydrogen-bond donors (Lipinski definition) is 1. The van der Waals surface area contributed by atoms with Crippen LogP contribution in [0.3, 0.4) is 0 Å². The topological polar surface area (TPSA) is 54.4 Å². The molecule has 0 heterocycles. The molecule has 0 spiro atoms. The lowest BCUT2D eigenvalue weighted by Crippen LogP contribution is -2.03. The van der Waals surface area contributed by atoms with E-state index in [1.165, 1.54) is 6.08 Å². The summed E-state index contributed by atoms with van der Waals surface area (Å²) in [5.74, 6) is 0. The third-order valence-corrected chi connectivity index (χ3v) is 4.10. The molecule has 2 aromatic carbocycles. The minimum absolute atomic E-state index is 0.169. The smallest absolute Gasteiger partial charge is 0.282 e. The SMILES string of the molecule is C=Cc1cccc(C(=Cc2ccccc2)S(=O)(=O)O)c1C=C. The van der Waals surface area contributed by atoms with E-state index < -0.39 is 10.1 Å². The Hall–Kier alpha value is -2.43. The van der Waals surface area contributed by atoms with Crippen LogP contribution in [0.1, 0.15) is 22.3 Å². The van der Waals surface area contributed by atoms with Gasteiger partial charge in [-0.1, -0.05) is 73.8 Å². The summed E-state index contributed by atoms with van der Waals surface area (Å²) in [6.45, 7) is 7.43. The first-order valence-corrected chi connectivity index (χ1v) is 8.04. The Labute approximate surface area is 130 Å². The maximum atomic E-state index is 11.8. The van der Waals surface area contributed by atoms with E-state index in [4.69, 9.17) is 0 Å². The molecule has 4 heteroatoms. The number of benzene rings is 2. The highest BCUT2D eigenvalue weighted by Crippen LogP contribution is 2.29. The summed E-state index contributed by atoms with van der Waals surface area (Å²) in [5, 5.41) is 0. The summed E-state index contributed by atoms with van der Waals surface area (Å²) in [4.78, 5) is -0.169. The Balaban J connectivity index is 2.75. The molecule has 1 N–H and O–H groups in total. The Morgan fingerprint density at radius 2 is 1.64 bits per heavy atom. The molecule has 3 nitrogen and oxygen atoms in total. The Morgan fingerprint density at radius 3 is 2.18 bits per heavy atom. The van der Waals surface area contributed by atoms with E-state index in [1.807, 2.05) is 6.07 Å². The van der Waals surface area contributed by atoms with Gasteiger partial charge in [-0.15, -0.1) is 0 Å². The van der Waals surface area contributed by atoms with E-state index in [1.54, 1.807) is 54.6 Å². The largest absolute Gasteiger partial charge is 0.295 e. The van der Waals surface area contributed by atoms with E-state index >= 15 is 0 Å². The van der Waals surface area contributed by atoms with Crippen molar-refractivity contribution in [3.63, 3.8) is 0 Å². The van der Waals surface area contributed by atoms with Crippen LogP contribution in [0.25, 0.3) is 23.1 Å². The molecule has 0 saturated heterocycles. The minimum atomic E-state index is -4.39. The van der Waals surface area contributed by atoms with Crippen molar-refractivity contribution in [2.45, 2.75) is 0 Å². The summed E-state index contributed by atoms with van der Waals surface area (Å²) >= 11 is 0. The van der Waals surface area contributed by atoms with Crippen molar-refractivity contribution in [1.82, 2.24) is 0 Å². The van der Waals surface area contributed by atoms with Crippen molar-refractivity contribution in [2.24, 2.45) is 0 Å². The Morgan fingerprint density at radius 1 is 0.955 bits per heavy atom. The summed E-state index contributed by atoms with van der Waals surface area (Å²) in [6, 6.07) is 14.1. The second kappa shape index (κ2) is 6.56. The Kier molecular flexibility index (Phi) is 4.75. The molecule has 0 saturated carbocycles. The lowest BCUT2D eigenvalue weighted by Gasteiger charge is -2.11. The molecule has 0 radical (unpaired) electrons. The third-order valence-electron chi connectivity index (χ3n) is 3.20. The third kappa shape index (κ3) is 3.42. The van der Waals surface area contributed by atoms with Gasteiger partial charge in [0.05, 0.1) is 0 Å². The molecule has 2 rings (SSSR count). The zero-order valence-corrected chi connectivity index (χ0v) is 12.8. The first-order valence-electron chi connectivity index (χ1n) is 6.60. The van der Waals surface area contributed by atoms with Crippen LogP contribution in [0.15, 0.2) is 61.7 Å². The van der Waals surface area contributed by atoms with E-state index in [0.29, 0.717) is 16.7 Å². The molecule has 0 aliphatic heterocycles. The van der Waals surface area contributed by atoms with Crippen LogP contribution < -0.4 is 0 Å². The van der Waals surface area contributed by atoms with Crippen molar-refractivity contribution in [2.75, 3.05) is 0 Å². The fourth-order valence-electron chi connectivity index (χ4n) is 2.20. The van der Waals surface area contributed by atoms with Crippen molar-refractivity contribution >= 4 is 33.3 Å². The highest BCUT2D eigenvalue weighted by atomic mass is 32.2. The van der Waals surface area contributed by atoms with Gasteiger partial charge in [0.2, 0.25) is 0 Å². The average Bonchev–Trinajstić information content (AvgIpc) is 2.51. The molecule has 0 aliphatic rings. The molecule has 0 fully saturated rings. The normalized spacial score (nSPS) is 12.0. The van der Waals surface area contributed by atoms with Crippen LogP contribution in [0.4, 0.5) is 0 Å². The van der Waals surface area contributed by atoms with E-state index in [0.717, 1.165) is 5.56 Å². The van der Waals surface area contributed by atoms with Gasteiger partial charge in [-0.2, -0.15) is 8.42 Å². The lowest BCUT2D eigenvalue weighted by molar-refractivity contribution is 0.496. The first kappa shape index (κ1) is 15.9. The quantitative estimate of drug-likeness (QED) is 0.659. The predicted molar refractivity (Wildman–Crippen MR) is 92.5 cm³/mol. The second-order valence-electron chi connectivity index (χ2n) is 4.61. The predicted octanol–water partition coefficient (Wildman–Crippen LogP) is 4.36. The summed E-state index contributed by atoms with van der Waals surface area (Å²) in [6.07, 6.45) is 4.60. The minimum Gasteiger partial charge on any atom is -0.282 e. The van der Waals surface area contributed by atoms with Crippen molar-refractivity contribution in [3.8, 4) is 0 Å². The van der Waals surface area contributed by atoms with Gasteiger partial charge in [-0.05, 0) is 22.8 Å². The molecule has 0 aromatic heterocycles. The monoisotopic (exact) mass is 312 g/mol. The van der Waals surface area contributed by atoms with Crippen molar-refractivity contribution in [3.05, 3.63) is 83.9 Å². The molecule has 2 aromatic rings. The van der Waals surface area contributed by atoms with Crippen molar-refractivity contribution < 1.29 is 13.0 Å². The molecule has 22 heavy (non-hydrogen) atoms. The van der Waals surface area contributed by atoms with Gasteiger partial charge in [-0.3, -0.25) is 4.55 Å². The Bertz CT molecular complexity index is 832. The highest BCUT2D eigenvalue weighted by Gasteiger charge is 2.19. The second-order valence-corrected chi connectivity index (χ2v) is 6.00. The summed E-state index contributed by atoms with van der Waals surface area (Å²) in [7, 11) is -4.39. The van der Waals surface area contributed by atoms with Crippen LogP contribution >= 0.6 is 0 Å². The highest BCUT2D eigenvalue weighted by molar-refractivity contribution is 7.95. The van der Waals surface area contributed by atoms with Crippen LogP contribution in [0, 0.1) is 0 Å². The zero-order valence-electron chi connectivity index (χ0n) is 11.9. The van der Waals surface area contributed by atoms with Gasteiger partial charge in [0.1, 0.15) is 4.91 Å². The van der Waals surface area contributed by atoms with Gasteiger partial charge < -0.3 is 0 Å². The van der Waals surface area contributed by atoms with Gasteiger partial charge in [0.25, 0.3) is 10.1 Å². The van der Waals surface area contributed by atoms with Gasteiger partial charge in [-0.25, -0.2) is 0 Å². The van der Waals surface area contributed by atoms with Crippen LogP contribution in [-0.4, -0.2) is 13.0 Å². The standard InChI is InChI=1S/C18H16O3S/c1-3-15-11-8-12-17(16(15)4-2)18(22(19,20)21)13-14-9-6-5-7-10-14/h3-13H,1-2H2,(H,19,20,21). The lowest BCUT2D eigenvalue weighted by atomic mass is 9.99. The van der Waals surface area contributed by atoms with Gasteiger partial charge in [0, 0.05) is 5.56 Å². The maximum Gasteiger partial charge on any atom is 0.295 e. The van der Waals surface area contributed by atoms with E-state index in [-0.39, 0.29) is 4.91 Å². The van der Waals surface area contributed by atoms with Crippen LogP contribution in [0.5, 0.6) is 0 Å². The fourth-order valence-corrected chi connectivity index (χ4v) is 2.94. The molecule has 112 valence electrons. The average molecular weight is 312 g/mol. The van der Waals surface area contributed by atoms with E-state index in [9.17, 15) is 13.0 Å². The maximum absolute atomic E-state index is 11.8. The molecule has 0 bridgehead atoms. The molecule has 0 atom stereocenters. The number of rotatable bonds is 5. The molecule has 0 aliphatic carbocycles. The summed E-state index contributed by atoms with van der Waals surface area (Å²) in [5.41, 5.74) is 2.42. The van der Waals surface area contributed by atoms with Crippen LogP contribution in [0.2, 0.25) is 0 Å². The van der Waals surface area contributed by atoms with E-state index in [2.05, 4.69) is 13.2 Å². The first-order chi connectivity index (χ1) is 10.5. The summed E-state index contributed by atoms with van der Waals surface area (Å²) < 4.78 is 33.3. The fraction of sp³-hybridized carbons (Fsp3) is 0. The molecule has 0 amide bonds. The molecular formula is C18H16O3S. The zero-order chi connectivity index (χ0) is 16.2. The molecule has 0 unspecified atom stereocenters. The van der Waals surface area contributed by atoms with Gasteiger partial charge >= 0.3 is 0 Å². The van der Waals surface area contributed by atoms with Gasteiger partial charge in [0.15, 0.2) is 0 Å².